The van der Waals surface area contributed by atoms with E-state index in [-0.39, 0.29) is 11.7 Å². The molecule has 0 radical (unpaired) electrons. The number of fused-ring (bicyclic) bond motifs is 1. The highest BCUT2D eigenvalue weighted by Gasteiger charge is 2.12. The molecule has 8 heteroatoms. The summed E-state index contributed by atoms with van der Waals surface area (Å²) in [6, 6.07) is 0. The van der Waals surface area contributed by atoms with E-state index in [4.69, 9.17) is 4.74 Å². The highest BCUT2D eigenvalue weighted by Crippen LogP contribution is 2.25. The second-order valence-electron chi connectivity index (χ2n) is 4.01. The van der Waals surface area contributed by atoms with E-state index in [1.165, 1.54) is 11.8 Å². The van der Waals surface area contributed by atoms with Gasteiger partial charge in [0.25, 0.3) is 0 Å². The van der Waals surface area contributed by atoms with E-state index >= 15 is 0 Å². The molecule has 0 spiro atoms. The van der Waals surface area contributed by atoms with Crippen molar-refractivity contribution in [3.05, 3.63) is 6.20 Å². The van der Waals surface area contributed by atoms with Crippen molar-refractivity contribution < 1.29 is 9.53 Å². The maximum Gasteiger partial charge on any atom is 0.316 e. The van der Waals surface area contributed by atoms with Crippen molar-refractivity contribution in [2.75, 3.05) is 24.2 Å². The Labute approximate surface area is 120 Å². The lowest BCUT2D eigenvalue weighted by molar-refractivity contribution is -0.139. The zero-order valence-corrected chi connectivity index (χ0v) is 12.3. The number of hydrogen-bond acceptors (Lipinski definition) is 7. The van der Waals surface area contributed by atoms with Crippen molar-refractivity contribution in [1.29, 1.82) is 0 Å². The standard InChI is InChI=1S/C12H17N5O2S/c1-3-5-13-12-15-10-8(6-14-17-10)11(16-12)20-7-9(18)19-4-2/h6H,3-5,7H2,1-2H3,(H2,13,14,15,16,17). The summed E-state index contributed by atoms with van der Waals surface area (Å²) in [6.07, 6.45) is 2.64. The number of carbonyl (C=O) groups excluding carboxylic acids is 1. The number of H-pyrrole nitrogens is 1. The van der Waals surface area contributed by atoms with Crippen LogP contribution in [0.1, 0.15) is 20.3 Å². The van der Waals surface area contributed by atoms with Crippen LogP contribution in [0.25, 0.3) is 11.0 Å². The van der Waals surface area contributed by atoms with Crippen LogP contribution in [-0.2, 0) is 9.53 Å². The first-order valence-corrected chi connectivity index (χ1v) is 7.46. The fourth-order valence-corrected chi connectivity index (χ4v) is 2.36. The highest BCUT2D eigenvalue weighted by atomic mass is 32.2. The first kappa shape index (κ1) is 14.6. The zero-order valence-electron chi connectivity index (χ0n) is 11.5. The van der Waals surface area contributed by atoms with Gasteiger partial charge in [0, 0.05) is 6.54 Å². The van der Waals surface area contributed by atoms with E-state index in [1.54, 1.807) is 13.1 Å². The van der Waals surface area contributed by atoms with Crippen LogP contribution >= 0.6 is 11.8 Å². The first-order chi connectivity index (χ1) is 9.74. The summed E-state index contributed by atoms with van der Waals surface area (Å²) in [5, 5.41) is 11.4. The Morgan fingerprint density at radius 2 is 2.30 bits per heavy atom. The Morgan fingerprint density at radius 3 is 3.05 bits per heavy atom. The molecule has 0 aliphatic carbocycles. The third-order valence-corrected chi connectivity index (χ3v) is 3.40. The third kappa shape index (κ3) is 3.60. The summed E-state index contributed by atoms with van der Waals surface area (Å²) in [4.78, 5) is 20.2. The average molecular weight is 295 g/mol. The number of nitrogens with zero attached hydrogens (tertiary/aromatic N) is 3. The van der Waals surface area contributed by atoms with Crippen LogP contribution in [0.4, 0.5) is 5.95 Å². The maximum atomic E-state index is 11.4. The lowest BCUT2D eigenvalue weighted by atomic mass is 10.4. The van der Waals surface area contributed by atoms with Crippen LogP contribution < -0.4 is 5.32 Å². The molecule has 2 N–H and O–H groups in total. The summed E-state index contributed by atoms with van der Waals surface area (Å²) >= 11 is 1.32. The number of anilines is 1. The van der Waals surface area contributed by atoms with E-state index in [2.05, 4.69) is 32.4 Å². The molecule has 0 saturated heterocycles. The van der Waals surface area contributed by atoms with Crippen molar-refractivity contribution in [3.8, 4) is 0 Å². The van der Waals surface area contributed by atoms with Gasteiger partial charge in [0.1, 0.15) is 5.03 Å². The maximum absolute atomic E-state index is 11.4. The Hall–Kier alpha value is -1.83. The van der Waals surface area contributed by atoms with E-state index in [1.807, 2.05) is 0 Å². The second kappa shape index (κ2) is 7.09. The third-order valence-electron chi connectivity index (χ3n) is 2.44. The molecule has 0 atom stereocenters. The zero-order chi connectivity index (χ0) is 14.4. The van der Waals surface area contributed by atoms with Gasteiger partial charge in [-0.05, 0) is 13.3 Å². The second-order valence-corrected chi connectivity index (χ2v) is 4.97. The van der Waals surface area contributed by atoms with Gasteiger partial charge in [-0.1, -0.05) is 18.7 Å². The summed E-state index contributed by atoms with van der Waals surface area (Å²) < 4.78 is 4.91. The van der Waals surface area contributed by atoms with Crippen LogP contribution in [0.3, 0.4) is 0 Å². The van der Waals surface area contributed by atoms with Crippen molar-refractivity contribution in [2.45, 2.75) is 25.3 Å². The van der Waals surface area contributed by atoms with E-state index in [9.17, 15) is 4.79 Å². The monoisotopic (exact) mass is 295 g/mol. The molecule has 7 nitrogen and oxygen atoms in total. The normalized spacial score (nSPS) is 10.7. The average Bonchev–Trinajstić information content (AvgIpc) is 2.91. The summed E-state index contributed by atoms with van der Waals surface area (Å²) in [5.41, 5.74) is 0.657. The minimum Gasteiger partial charge on any atom is -0.465 e. The number of aromatic amines is 1. The molecule has 2 aromatic heterocycles. The largest absolute Gasteiger partial charge is 0.465 e. The van der Waals surface area contributed by atoms with Gasteiger partial charge in [-0.3, -0.25) is 9.89 Å². The molecule has 0 fully saturated rings. The van der Waals surface area contributed by atoms with Crippen molar-refractivity contribution >= 4 is 34.7 Å². The molecular weight excluding hydrogens is 278 g/mol. The minimum atomic E-state index is -0.254. The van der Waals surface area contributed by atoms with E-state index in [0.717, 1.165) is 23.4 Å². The van der Waals surface area contributed by atoms with Gasteiger partial charge in [-0.15, -0.1) is 0 Å². The number of thioether (sulfide) groups is 1. The molecule has 0 unspecified atom stereocenters. The van der Waals surface area contributed by atoms with Gasteiger partial charge in [0.05, 0.1) is 23.9 Å². The van der Waals surface area contributed by atoms with E-state index in [0.29, 0.717) is 18.2 Å². The smallest absolute Gasteiger partial charge is 0.316 e. The SMILES string of the molecule is CCCNc1nc(SCC(=O)OCC)c2cn[nH]c2n1. The molecule has 0 bridgehead atoms. The van der Waals surface area contributed by atoms with Crippen LogP contribution in [-0.4, -0.2) is 45.0 Å². The molecule has 0 amide bonds. The highest BCUT2D eigenvalue weighted by molar-refractivity contribution is 8.00. The van der Waals surface area contributed by atoms with E-state index < -0.39 is 0 Å². The molecule has 0 aromatic carbocycles. The van der Waals surface area contributed by atoms with Gasteiger partial charge in [-0.2, -0.15) is 10.1 Å². The molecule has 2 aromatic rings. The fourth-order valence-electron chi connectivity index (χ4n) is 1.56. The van der Waals surface area contributed by atoms with Gasteiger partial charge >= 0.3 is 5.97 Å². The van der Waals surface area contributed by atoms with Crippen LogP contribution in [0, 0.1) is 0 Å². The van der Waals surface area contributed by atoms with Crippen LogP contribution in [0.2, 0.25) is 0 Å². The summed E-state index contributed by atoms with van der Waals surface area (Å²) in [5.74, 6) is 0.504. The Balaban J connectivity index is 2.16. The predicted molar refractivity (Wildman–Crippen MR) is 77.8 cm³/mol. The number of hydrogen-bond donors (Lipinski definition) is 2. The summed E-state index contributed by atoms with van der Waals surface area (Å²) in [6.45, 7) is 5.03. The van der Waals surface area contributed by atoms with Gasteiger partial charge in [0.15, 0.2) is 5.65 Å². The quantitative estimate of drug-likeness (QED) is 0.457. The van der Waals surface area contributed by atoms with Gasteiger partial charge < -0.3 is 10.1 Å². The number of ether oxygens (including phenoxy) is 1. The van der Waals surface area contributed by atoms with Crippen molar-refractivity contribution in [2.24, 2.45) is 0 Å². The molecule has 108 valence electrons. The fraction of sp³-hybridized carbons (Fsp3) is 0.500. The number of nitrogens with one attached hydrogen (secondary N) is 2. The Bertz CT molecular complexity index is 586. The van der Waals surface area contributed by atoms with Crippen LogP contribution in [0.15, 0.2) is 11.2 Å². The number of esters is 1. The molecular formula is C12H17N5O2S. The Morgan fingerprint density at radius 1 is 1.45 bits per heavy atom. The van der Waals surface area contributed by atoms with Crippen molar-refractivity contribution in [3.63, 3.8) is 0 Å². The molecule has 0 aliphatic heterocycles. The number of carbonyl (C=O) groups is 1. The first-order valence-electron chi connectivity index (χ1n) is 6.48. The number of rotatable bonds is 7. The molecule has 0 saturated carbocycles. The van der Waals surface area contributed by atoms with Gasteiger partial charge in [0.2, 0.25) is 5.95 Å². The molecule has 2 heterocycles. The van der Waals surface area contributed by atoms with Crippen molar-refractivity contribution in [1.82, 2.24) is 20.2 Å². The Kier molecular flexibility index (Phi) is 5.16. The predicted octanol–water partition coefficient (Wildman–Crippen LogP) is 1.83. The molecule has 0 aliphatic rings. The number of aromatic nitrogens is 4. The van der Waals surface area contributed by atoms with Crippen LogP contribution in [0.5, 0.6) is 0 Å². The molecule has 2 rings (SSSR count). The lowest BCUT2D eigenvalue weighted by Crippen LogP contribution is -2.08. The molecule has 20 heavy (non-hydrogen) atoms. The lowest BCUT2D eigenvalue weighted by Gasteiger charge is -2.06. The van der Waals surface area contributed by atoms with Gasteiger partial charge in [-0.25, -0.2) is 4.98 Å². The summed E-state index contributed by atoms with van der Waals surface area (Å²) in [7, 11) is 0. The topological polar surface area (TPSA) is 92.8 Å². The minimum absolute atomic E-state index is 0.221.